The van der Waals surface area contributed by atoms with Crippen molar-refractivity contribution >= 4 is 47.0 Å². The largest absolute Gasteiger partial charge is 0.481 e. The van der Waals surface area contributed by atoms with Crippen LogP contribution in [0.15, 0.2) is 23.6 Å². The predicted octanol–water partition coefficient (Wildman–Crippen LogP) is 3.09. The van der Waals surface area contributed by atoms with Gasteiger partial charge in [-0.3, -0.25) is 4.79 Å². The van der Waals surface area contributed by atoms with Crippen LogP contribution in [0.4, 0.5) is 5.69 Å². The van der Waals surface area contributed by atoms with E-state index >= 15 is 0 Å². The molecule has 18 heavy (non-hydrogen) atoms. The van der Waals surface area contributed by atoms with Gasteiger partial charge in [0.1, 0.15) is 5.01 Å². The fraction of sp³-hybridized carbons (Fsp3) is 0.0909. The molecule has 2 aromatic rings. The molecular weight excluding hydrogens is 295 g/mol. The number of halogens is 2. The number of benzene rings is 1. The van der Waals surface area contributed by atoms with Gasteiger partial charge in [-0.1, -0.05) is 17.7 Å². The third kappa shape index (κ3) is 3.35. The minimum Gasteiger partial charge on any atom is -0.481 e. The molecule has 7 heteroatoms. The Bertz CT molecular complexity index is 572. The number of carbonyl (C=O) groups is 1. The number of nitrogen functional groups attached to an aromatic ring is 1. The van der Waals surface area contributed by atoms with E-state index in [1.807, 2.05) is 6.07 Å². The van der Waals surface area contributed by atoms with Crippen molar-refractivity contribution in [2.45, 2.75) is 6.42 Å². The first-order valence-corrected chi connectivity index (χ1v) is 6.03. The van der Waals surface area contributed by atoms with E-state index in [4.69, 9.17) is 22.4 Å². The lowest BCUT2D eigenvalue weighted by Crippen LogP contribution is -1.99. The highest BCUT2D eigenvalue weighted by Gasteiger charge is 2.08. The van der Waals surface area contributed by atoms with Crippen LogP contribution in [0.1, 0.15) is 5.69 Å². The zero-order valence-electron chi connectivity index (χ0n) is 9.09. The number of hydrogen-bond donors (Lipinski definition) is 2. The van der Waals surface area contributed by atoms with Crippen molar-refractivity contribution in [3.8, 4) is 10.6 Å². The smallest absolute Gasteiger partial charge is 0.309 e. The average Bonchev–Trinajstić information content (AvgIpc) is 2.69. The zero-order valence-corrected chi connectivity index (χ0v) is 11.5. The third-order valence-corrected chi connectivity index (χ3v) is 3.41. The average molecular weight is 305 g/mol. The van der Waals surface area contributed by atoms with Gasteiger partial charge in [0.2, 0.25) is 0 Å². The normalized spacial score (nSPS) is 9.83. The molecular formula is C11H10Cl2N2O2S. The number of nitrogens with zero attached hydrogens (tertiary/aromatic N) is 1. The molecule has 0 aliphatic carbocycles. The number of nitrogens with two attached hydrogens (primary N) is 1. The summed E-state index contributed by atoms with van der Waals surface area (Å²) in [5.41, 5.74) is 7.57. The molecule has 0 saturated heterocycles. The highest BCUT2D eigenvalue weighted by Crippen LogP contribution is 2.28. The van der Waals surface area contributed by atoms with Crippen LogP contribution in [0.2, 0.25) is 5.02 Å². The molecule has 0 aliphatic rings. The topological polar surface area (TPSA) is 76.2 Å². The highest BCUT2D eigenvalue weighted by atomic mass is 35.5. The van der Waals surface area contributed by atoms with E-state index in [0.717, 1.165) is 10.6 Å². The number of rotatable bonds is 3. The summed E-state index contributed by atoms with van der Waals surface area (Å²) in [7, 11) is 0. The van der Waals surface area contributed by atoms with Gasteiger partial charge in [-0.05, 0) is 12.1 Å². The van der Waals surface area contributed by atoms with Crippen molar-refractivity contribution in [2.75, 3.05) is 5.73 Å². The molecule has 0 unspecified atom stereocenters. The predicted molar refractivity (Wildman–Crippen MR) is 75.6 cm³/mol. The summed E-state index contributed by atoms with van der Waals surface area (Å²) in [6, 6.07) is 5.23. The SMILES string of the molecule is Cl.Nc1cc(-c2nc(CC(=O)O)cs2)ccc1Cl. The van der Waals surface area contributed by atoms with Crippen LogP contribution in [0.5, 0.6) is 0 Å². The second-order valence-corrected chi connectivity index (χ2v) is 4.72. The summed E-state index contributed by atoms with van der Waals surface area (Å²) in [5, 5.41) is 11.6. The summed E-state index contributed by atoms with van der Waals surface area (Å²) in [6.07, 6.45) is -0.0699. The molecule has 0 amide bonds. The van der Waals surface area contributed by atoms with Crippen molar-refractivity contribution in [2.24, 2.45) is 0 Å². The monoisotopic (exact) mass is 304 g/mol. The van der Waals surface area contributed by atoms with Crippen LogP contribution in [-0.2, 0) is 11.2 Å². The number of anilines is 1. The molecule has 0 radical (unpaired) electrons. The summed E-state index contributed by atoms with van der Waals surface area (Å²) in [5.74, 6) is -0.891. The van der Waals surface area contributed by atoms with Gasteiger partial charge in [0, 0.05) is 10.9 Å². The van der Waals surface area contributed by atoms with Crippen molar-refractivity contribution in [1.29, 1.82) is 0 Å². The molecule has 0 atom stereocenters. The molecule has 3 N–H and O–H groups in total. The lowest BCUT2D eigenvalue weighted by Gasteiger charge is -2.00. The van der Waals surface area contributed by atoms with Gasteiger partial charge in [-0.15, -0.1) is 23.7 Å². The molecule has 0 bridgehead atoms. The van der Waals surface area contributed by atoms with E-state index in [9.17, 15) is 4.79 Å². The molecule has 2 rings (SSSR count). The first-order chi connectivity index (χ1) is 8.06. The van der Waals surface area contributed by atoms with Crippen LogP contribution >= 0.6 is 35.3 Å². The maximum atomic E-state index is 10.5. The van der Waals surface area contributed by atoms with Crippen molar-refractivity contribution in [3.05, 3.63) is 34.3 Å². The molecule has 0 saturated carbocycles. The second kappa shape index (κ2) is 6.04. The van der Waals surface area contributed by atoms with Gasteiger partial charge in [0.25, 0.3) is 0 Å². The highest BCUT2D eigenvalue weighted by molar-refractivity contribution is 7.13. The van der Waals surface area contributed by atoms with Crippen LogP contribution < -0.4 is 5.73 Å². The van der Waals surface area contributed by atoms with Gasteiger partial charge >= 0.3 is 5.97 Å². The van der Waals surface area contributed by atoms with Crippen LogP contribution in [-0.4, -0.2) is 16.1 Å². The fourth-order valence-electron chi connectivity index (χ4n) is 1.35. The van der Waals surface area contributed by atoms with Gasteiger partial charge < -0.3 is 10.8 Å². The lowest BCUT2D eigenvalue weighted by molar-refractivity contribution is -0.136. The zero-order chi connectivity index (χ0) is 12.4. The quantitative estimate of drug-likeness (QED) is 0.854. The molecule has 0 fully saturated rings. The molecule has 0 spiro atoms. The second-order valence-electron chi connectivity index (χ2n) is 3.45. The molecule has 1 aromatic carbocycles. The van der Waals surface area contributed by atoms with Crippen LogP contribution in [0, 0.1) is 0 Å². The number of carboxylic acid groups (broad SMARTS) is 1. The van der Waals surface area contributed by atoms with Gasteiger partial charge in [0.05, 0.1) is 22.8 Å². The van der Waals surface area contributed by atoms with E-state index < -0.39 is 5.97 Å². The van der Waals surface area contributed by atoms with E-state index in [1.165, 1.54) is 11.3 Å². The summed E-state index contributed by atoms with van der Waals surface area (Å²) in [4.78, 5) is 14.8. The molecule has 4 nitrogen and oxygen atoms in total. The maximum Gasteiger partial charge on any atom is 0.309 e. The summed E-state index contributed by atoms with van der Waals surface area (Å²) >= 11 is 7.21. The third-order valence-electron chi connectivity index (χ3n) is 2.13. The van der Waals surface area contributed by atoms with Crippen molar-refractivity contribution < 1.29 is 9.90 Å². The Balaban J connectivity index is 0.00000162. The van der Waals surface area contributed by atoms with Crippen LogP contribution in [0.3, 0.4) is 0 Å². The van der Waals surface area contributed by atoms with Gasteiger partial charge in [-0.25, -0.2) is 4.98 Å². The van der Waals surface area contributed by atoms with Gasteiger partial charge in [0.15, 0.2) is 0 Å². The number of aliphatic carboxylic acids is 1. The number of hydrogen-bond acceptors (Lipinski definition) is 4. The minimum absolute atomic E-state index is 0. The van der Waals surface area contributed by atoms with E-state index in [-0.39, 0.29) is 18.8 Å². The molecule has 1 aromatic heterocycles. The Morgan fingerprint density at radius 1 is 1.50 bits per heavy atom. The first kappa shape index (κ1) is 14.8. The van der Waals surface area contributed by atoms with E-state index in [0.29, 0.717) is 16.4 Å². The fourth-order valence-corrected chi connectivity index (χ4v) is 2.29. The Labute approximate surface area is 119 Å². The summed E-state index contributed by atoms with van der Waals surface area (Å²) in [6.45, 7) is 0. The standard InChI is InChI=1S/C11H9ClN2O2S.ClH/c12-8-2-1-6(3-9(8)13)11-14-7(5-17-11)4-10(15)16;/h1-3,5H,4,13H2,(H,15,16);1H. The minimum atomic E-state index is -0.891. The Morgan fingerprint density at radius 3 is 2.83 bits per heavy atom. The van der Waals surface area contributed by atoms with Crippen molar-refractivity contribution in [1.82, 2.24) is 4.98 Å². The Hall–Kier alpha value is -1.30. The molecule has 96 valence electrons. The Kier molecular flexibility index (Phi) is 4.95. The van der Waals surface area contributed by atoms with E-state index in [2.05, 4.69) is 4.98 Å². The van der Waals surface area contributed by atoms with Gasteiger partial charge in [-0.2, -0.15) is 0 Å². The first-order valence-electron chi connectivity index (χ1n) is 4.78. The number of carboxylic acids is 1. The Morgan fingerprint density at radius 2 is 2.22 bits per heavy atom. The lowest BCUT2D eigenvalue weighted by atomic mass is 10.2. The summed E-state index contributed by atoms with van der Waals surface area (Å²) < 4.78 is 0. The van der Waals surface area contributed by atoms with Crippen LogP contribution in [0.25, 0.3) is 10.6 Å². The molecule has 1 heterocycles. The number of aromatic nitrogens is 1. The maximum absolute atomic E-state index is 10.5. The number of thiazole rings is 1. The molecule has 0 aliphatic heterocycles. The van der Waals surface area contributed by atoms with E-state index in [1.54, 1.807) is 17.5 Å². The van der Waals surface area contributed by atoms with Crippen molar-refractivity contribution in [3.63, 3.8) is 0 Å².